The highest BCUT2D eigenvalue weighted by Gasteiger charge is 2.66. The van der Waals surface area contributed by atoms with Gasteiger partial charge in [-0.1, -0.05) is 27.7 Å². The summed E-state index contributed by atoms with van der Waals surface area (Å²) in [6.45, 7) is 9.25. The summed E-state index contributed by atoms with van der Waals surface area (Å²) in [6.07, 6.45) is 4.43. The molecule has 0 radical (unpaired) electrons. The molecule has 1 aliphatic carbocycles. The van der Waals surface area contributed by atoms with Crippen molar-refractivity contribution in [3.63, 3.8) is 0 Å². The molecular formula is C13H21NO. The van der Waals surface area contributed by atoms with E-state index < -0.39 is 0 Å². The van der Waals surface area contributed by atoms with Crippen LogP contribution < -0.4 is 5.73 Å². The van der Waals surface area contributed by atoms with Gasteiger partial charge in [-0.05, 0) is 34.8 Å². The fourth-order valence-corrected chi connectivity index (χ4v) is 3.12. The molecule has 2 heteroatoms. The van der Waals surface area contributed by atoms with Crippen LogP contribution in [0.5, 0.6) is 0 Å². The molecule has 84 valence electrons. The molecule has 0 amide bonds. The van der Waals surface area contributed by atoms with E-state index in [9.17, 15) is 0 Å². The summed E-state index contributed by atoms with van der Waals surface area (Å²) in [4.78, 5) is 0. The molecular weight excluding hydrogens is 186 g/mol. The van der Waals surface area contributed by atoms with Crippen LogP contribution in [-0.2, 0) is 6.42 Å². The van der Waals surface area contributed by atoms with Crippen molar-refractivity contribution >= 4 is 0 Å². The van der Waals surface area contributed by atoms with Gasteiger partial charge in [0.1, 0.15) is 0 Å². The molecule has 1 aliphatic rings. The van der Waals surface area contributed by atoms with Crippen molar-refractivity contribution < 1.29 is 4.42 Å². The topological polar surface area (TPSA) is 39.2 Å². The maximum Gasteiger partial charge on any atom is 0.0935 e. The van der Waals surface area contributed by atoms with E-state index in [1.165, 1.54) is 5.56 Å². The number of hydrogen-bond donors (Lipinski definition) is 1. The van der Waals surface area contributed by atoms with Gasteiger partial charge in [-0.15, -0.1) is 0 Å². The Labute approximate surface area is 91.8 Å². The third-order valence-electron chi connectivity index (χ3n) is 4.61. The second-order valence-electron chi connectivity index (χ2n) is 5.92. The van der Waals surface area contributed by atoms with E-state index in [1.54, 1.807) is 12.5 Å². The summed E-state index contributed by atoms with van der Waals surface area (Å²) < 4.78 is 5.06. The zero-order valence-electron chi connectivity index (χ0n) is 10.1. The molecule has 0 bridgehead atoms. The van der Waals surface area contributed by atoms with E-state index in [1.807, 2.05) is 6.07 Å². The third-order valence-corrected chi connectivity index (χ3v) is 4.61. The minimum atomic E-state index is 0.243. The van der Waals surface area contributed by atoms with Gasteiger partial charge < -0.3 is 10.2 Å². The van der Waals surface area contributed by atoms with Gasteiger partial charge in [0.25, 0.3) is 0 Å². The van der Waals surface area contributed by atoms with E-state index in [0.717, 1.165) is 6.42 Å². The molecule has 1 aromatic heterocycles. The summed E-state index contributed by atoms with van der Waals surface area (Å²) in [5, 5.41) is 0. The summed E-state index contributed by atoms with van der Waals surface area (Å²) >= 11 is 0. The van der Waals surface area contributed by atoms with Crippen LogP contribution in [0.15, 0.2) is 23.0 Å². The molecule has 1 fully saturated rings. The monoisotopic (exact) mass is 207 g/mol. The van der Waals surface area contributed by atoms with E-state index in [-0.39, 0.29) is 6.04 Å². The quantitative estimate of drug-likeness (QED) is 0.827. The Morgan fingerprint density at radius 3 is 2.33 bits per heavy atom. The van der Waals surface area contributed by atoms with Crippen molar-refractivity contribution in [3.05, 3.63) is 24.2 Å². The SMILES string of the molecule is CC1(C)C(C(N)Cc2ccoc2)C1(C)C. The van der Waals surface area contributed by atoms with Crippen molar-refractivity contribution in [1.29, 1.82) is 0 Å². The van der Waals surface area contributed by atoms with Crippen LogP contribution >= 0.6 is 0 Å². The molecule has 0 spiro atoms. The zero-order valence-corrected chi connectivity index (χ0v) is 10.1. The molecule has 15 heavy (non-hydrogen) atoms. The minimum absolute atomic E-state index is 0.243. The van der Waals surface area contributed by atoms with Crippen LogP contribution in [0.25, 0.3) is 0 Å². The zero-order chi connectivity index (χ0) is 11.3. The van der Waals surface area contributed by atoms with Crippen LogP contribution in [0, 0.1) is 16.7 Å². The second kappa shape index (κ2) is 3.11. The lowest BCUT2D eigenvalue weighted by Gasteiger charge is -2.12. The van der Waals surface area contributed by atoms with Crippen molar-refractivity contribution in [3.8, 4) is 0 Å². The predicted molar refractivity (Wildman–Crippen MR) is 61.4 cm³/mol. The highest BCUT2D eigenvalue weighted by molar-refractivity contribution is 5.18. The summed E-state index contributed by atoms with van der Waals surface area (Å²) in [5.74, 6) is 0.611. The van der Waals surface area contributed by atoms with E-state index in [4.69, 9.17) is 10.2 Å². The Morgan fingerprint density at radius 2 is 1.93 bits per heavy atom. The minimum Gasteiger partial charge on any atom is -0.472 e. The van der Waals surface area contributed by atoms with Gasteiger partial charge in [-0.3, -0.25) is 0 Å². The molecule has 1 heterocycles. The molecule has 2 rings (SSSR count). The lowest BCUT2D eigenvalue weighted by Crippen LogP contribution is -2.28. The van der Waals surface area contributed by atoms with Gasteiger partial charge >= 0.3 is 0 Å². The standard InChI is InChI=1S/C13H21NO/c1-12(2)11(13(12,3)4)10(14)7-9-5-6-15-8-9/h5-6,8,10-11H,7,14H2,1-4H3. The fraction of sp³-hybridized carbons (Fsp3) is 0.692. The Morgan fingerprint density at radius 1 is 1.33 bits per heavy atom. The Hall–Kier alpha value is -0.760. The Balaban J connectivity index is 2.02. The maximum atomic E-state index is 6.28. The van der Waals surface area contributed by atoms with E-state index >= 15 is 0 Å². The number of rotatable bonds is 3. The Bertz CT molecular complexity index is 323. The lowest BCUT2D eigenvalue weighted by molar-refractivity contribution is 0.457. The highest BCUT2D eigenvalue weighted by atomic mass is 16.3. The largest absolute Gasteiger partial charge is 0.472 e. The van der Waals surface area contributed by atoms with Gasteiger partial charge in [0.05, 0.1) is 12.5 Å². The van der Waals surface area contributed by atoms with Gasteiger partial charge in [-0.2, -0.15) is 0 Å². The van der Waals surface area contributed by atoms with Crippen LogP contribution in [0.2, 0.25) is 0 Å². The molecule has 1 saturated carbocycles. The van der Waals surface area contributed by atoms with Crippen LogP contribution in [-0.4, -0.2) is 6.04 Å². The predicted octanol–water partition coefficient (Wildman–Crippen LogP) is 2.83. The molecule has 2 N–H and O–H groups in total. The molecule has 1 unspecified atom stereocenters. The highest BCUT2D eigenvalue weighted by Crippen LogP contribution is 2.69. The van der Waals surface area contributed by atoms with Crippen molar-refractivity contribution in [2.75, 3.05) is 0 Å². The first kappa shape index (κ1) is 10.7. The second-order valence-corrected chi connectivity index (χ2v) is 5.92. The first-order valence-corrected chi connectivity index (χ1v) is 5.64. The molecule has 1 aromatic rings. The first-order valence-electron chi connectivity index (χ1n) is 5.64. The lowest BCUT2D eigenvalue weighted by atomic mass is 9.99. The fourth-order valence-electron chi connectivity index (χ4n) is 3.12. The smallest absolute Gasteiger partial charge is 0.0935 e. The summed E-state index contributed by atoms with van der Waals surface area (Å²) in [6, 6.07) is 2.25. The van der Waals surface area contributed by atoms with Crippen molar-refractivity contribution in [1.82, 2.24) is 0 Å². The number of hydrogen-bond acceptors (Lipinski definition) is 2. The van der Waals surface area contributed by atoms with Crippen LogP contribution in [0.1, 0.15) is 33.3 Å². The van der Waals surface area contributed by atoms with E-state index in [0.29, 0.717) is 16.7 Å². The Kier molecular flexibility index (Phi) is 2.23. The number of nitrogens with two attached hydrogens (primary N) is 1. The number of furan rings is 1. The van der Waals surface area contributed by atoms with Crippen LogP contribution in [0.4, 0.5) is 0 Å². The van der Waals surface area contributed by atoms with E-state index in [2.05, 4.69) is 27.7 Å². The summed E-state index contributed by atoms with van der Waals surface area (Å²) in [7, 11) is 0. The van der Waals surface area contributed by atoms with Crippen molar-refractivity contribution in [2.45, 2.75) is 40.2 Å². The molecule has 2 nitrogen and oxygen atoms in total. The van der Waals surface area contributed by atoms with Gasteiger partial charge in [-0.25, -0.2) is 0 Å². The maximum absolute atomic E-state index is 6.28. The molecule has 0 aromatic carbocycles. The molecule has 0 aliphatic heterocycles. The van der Waals surface area contributed by atoms with Crippen molar-refractivity contribution in [2.24, 2.45) is 22.5 Å². The van der Waals surface area contributed by atoms with Crippen LogP contribution in [0.3, 0.4) is 0 Å². The van der Waals surface area contributed by atoms with Gasteiger partial charge in [0.15, 0.2) is 0 Å². The molecule has 1 atom stereocenters. The molecule has 0 saturated heterocycles. The normalized spacial score (nSPS) is 25.1. The summed E-state index contributed by atoms with van der Waals surface area (Å²) in [5.41, 5.74) is 8.23. The third kappa shape index (κ3) is 1.51. The first-order chi connectivity index (χ1) is 6.87. The average molecular weight is 207 g/mol. The van der Waals surface area contributed by atoms with Gasteiger partial charge in [0, 0.05) is 6.04 Å². The average Bonchev–Trinajstić information content (AvgIpc) is 2.53. The van der Waals surface area contributed by atoms with Gasteiger partial charge in [0.2, 0.25) is 0 Å².